The number of aromatic hydroxyl groups is 1. The Kier molecular flexibility index (Phi) is 8.76. The van der Waals surface area contributed by atoms with Gasteiger partial charge in [0, 0.05) is 15.6 Å². The Bertz CT molecular complexity index is 1240. The molecule has 0 saturated heterocycles. The van der Waals surface area contributed by atoms with E-state index in [4.69, 9.17) is 4.74 Å². The van der Waals surface area contributed by atoms with E-state index in [1.165, 1.54) is 19.4 Å². The van der Waals surface area contributed by atoms with Crippen molar-refractivity contribution < 1.29 is 19.4 Å². The topological polar surface area (TPSA) is 100 Å². The number of nitrogens with one attached hydrogen (secondary N) is 2. The normalized spacial score (nSPS) is 11.5. The molecule has 0 bridgehead atoms. The van der Waals surface area contributed by atoms with Crippen molar-refractivity contribution in [1.29, 1.82) is 0 Å². The second-order valence-electron chi connectivity index (χ2n) is 6.92. The number of rotatable bonds is 8. The maximum Gasteiger partial charge on any atom is 0.287 e. The number of phenolic OH excluding ortho intramolecular Hbond substituents is 1. The van der Waals surface area contributed by atoms with Crippen molar-refractivity contribution in [2.24, 2.45) is 5.10 Å². The van der Waals surface area contributed by atoms with Gasteiger partial charge in [0.1, 0.15) is 5.70 Å². The third-order valence-electron chi connectivity index (χ3n) is 4.54. The van der Waals surface area contributed by atoms with Crippen LogP contribution >= 0.6 is 15.9 Å². The lowest BCUT2D eigenvalue weighted by atomic mass is 10.2. The number of halogens is 1. The van der Waals surface area contributed by atoms with Gasteiger partial charge in [0.2, 0.25) is 0 Å². The third kappa shape index (κ3) is 6.91. The first-order chi connectivity index (χ1) is 16.5. The van der Waals surface area contributed by atoms with E-state index in [-0.39, 0.29) is 17.2 Å². The summed E-state index contributed by atoms with van der Waals surface area (Å²) in [6.07, 6.45) is 6.22. The highest BCUT2D eigenvalue weighted by atomic mass is 79.9. The first-order valence-corrected chi connectivity index (χ1v) is 11.0. The Morgan fingerprint density at radius 2 is 1.71 bits per heavy atom. The number of hydrogen-bond acceptors (Lipinski definition) is 5. The summed E-state index contributed by atoms with van der Waals surface area (Å²) in [5.74, 6) is -0.945. The second-order valence-corrected chi connectivity index (χ2v) is 7.83. The van der Waals surface area contributed by atoms with E-state index >= 15 is 0 Å². The van der Waals surface area contributed by atoms with E-state index in [9.17, 15) is 14.7 Å². The number of ether oxygens (including phenoxy) is 1. The predicted molar refractivity (Wildman–Crippen MR) is 136 cm³/mol. The van der Waals surface area contributed by atoms with Crippen LogP contribution in [0.2, 0.25) is 0 Å². The number of phenols is 1. The standard InChI is InChI=1S/C26H22BrN3O4/c1-34-23-16-21(27)15-20(24(23)31)17-28-30-26(33)22(14-8-11-18-9-4-2-5-10-18)29-25(32)19-12-6-3-7-13-19/h2-17,31H,1H3,(H,29,32)(H,30,33)/b11-8+,22-14-,28-17-. The fraction of sp³-hybridized carbons (Fsp3) is 0.0385. The van der Waals surface area contributed by atoms with Gasteiger partial charge in [0.15, 0.2) is 11.5 Å². The van der Waals surface area contributed by atoms with Gasteiger partial charge in [0.05, 0.1) is 13.3 Å². The van der Waals surface area contributed by atoms with E-state index in [0.29, 0.717) is 15.6 Å². The summed E-state index contributed by atoms with van der Waals surface area (Å²) in [5, 5.41) is 16.8. The summed E-state index contributed by atoms with van der Waals surface area (Å²) in [5.41, 5.74) is 4.03. The number of methoxy groups -OCH3 is 1. The molecule has 0 saturated carbocycles. The molecule has 0 atom stereocenters. The van der Waals surface area contributed by atoms with Crippen LogP contribution in [0.4, 0.5) is 0 Å². The zero-order valence-electron chi connectivity index (χ0n) is 18.2. The van der Waals surface area contributed by atoms with Gasteiger partial charge in [-0.05, 0) is 35.9 Å². The van der Waals surface area contributed by atoms with Crippen LogP contribution in [0.25, 0.3) is 6.08 Å². The van der Waals surface area contributed by atoms with Crippen LogP contribution in [0.1, 0.15) is 21.5 Å². The fourth-order valence-corrected chi connectivity index (χ4v) is 3.30. The molecule has 2 amide bonds. The number of amides is 2. The van der Waals surface area contributed by atoms with Crippen LogP contribution in [-0.4, -0.2) is 30.2 Å². The summed E-state index contributed by atoms with van der Waals surface area (Å²) >= 11 is 3.32. The highest BCUT2D eigenvalue weighted by Gasteiger charge is 2.14. The molecule has 0 unspecified atom stereocenters. The zero-order valence-corrected chi connectivity index (χ0v) is 19.8. The van der Waals surface area contributed by atoms with E-state index in [1.807, 2.05) is 30.3 Å². The minimum atomic E-state index is -0.639. The van der Waals surface area contributed by atoms with Gasteiger partial charge >= 0.3 is 0 Å². The van der Waals surface area contributed by atoms with Crippen molar-refractivity contribution in [3.05, 3.63) is 112 Å². The van der Waals surface area contributed by atoms with Crippen LogP contribution in [0.5, 0.6) is 11.5 Å². The van der Waals surface area contributed by atoms with Crippen molar-refractivity contribution in [1.82, 2.24) is 10.7 Å². The number of benzene rings is 3. The number of allylic oxidation sites excluding steroid dienone is 2. The van der Waals surface area contributed by atoms with Crippen LogP contribution in [0.15, 0.2) is 100 Å². The molecular formula is C26H22BrN3O4. The van der Waals surface area contributed by atoms with Gasteiger partial charge in [-0.15, -0.1) is 0 Å². The largest absolute Gasteiger partial charge is 0.504 e. The highest BCUT2D eigenvalue weighted by Crippen LogP contribution is 2.32. The molecule has 7 nitrogen and oxygen atoms in total. The molecule has 3 aromatic rings. The lowest BCUT2D eigenvalue weighted by Crippen LogP contribution is -2.32. The number of nitrogens with zero attached hydrogens (tertiary/aromatic N) is 1. The average molecular weight is 520 g/mol. The van der Waals surface area contributed by atoms with Crippen molar-refractivity contribution >= 4 is 40.0 Å². The Morgan fingerprint density at radius 3 is 2.38 bits per heavy atom. The monoisotopic (exact) mass is 519 g/mol. The molecule has 0 aliphatic rings. The number of carbonyl (C=O) groups is 2. The maximum absolute atomic E-state index is 12.8. The number of hydrogen-bond donors (Lipinski definition) is 3. The zero-order chi connectivity index (χ0) is 24.3. The minimum Gasteiger partial charge on any atom is -0.504 e. The Balaban J connectivity index is 1.79. The van der Waals surface area contributed by atoms with Gasteiger partial charge in [0.25, 0.3) is 11.8 Å². The molecule has 0 aliphatic carbocycles. The highest BCUT2D eigenvalue weighted by molar-refractivity contribution is 9.10. The van der Waals surface area contributed by atoms with E-state index in [1.54, 1.807) is 54.6 Å². The minimum absolute atomic E-state index is 0.00534. The van der Waals surface area contributed by atoms with Gasteiger partial charge in [-0.25, -0.2) is 5.43 Å². The lowest BCUT2D eigenvalue weighted by molar-refractivity contribution is -0.117. The molecular weight excluding hydrogens is 498 g/mol. The van der Waals surface area contributed by atoms with E-state index in [2.05, 4.69) is 31.8 Å². The van der Waals surface area contributed by atoms with E-state index in [0.717, 1.165) is 5.56 Å². The first-order valence-electron chi connectivity index (χ1n) is 10.2. The number of carbonyl (C=O) groups excluding carboxylic acids is 2. The molecule has 0 aromatic heterocycles. The van der Waals surface area contributed by atoms with Crippen molar-refractivity contribution in [2.75, 3.05) is 7.11 Å². The van der Waals surface area contributed by atoms with Crippen LogP contribution in [0.3, 0.4) is 0 Å². The third-order valence-corrected chi connectivity index (χ3v) is 5.00. The summed E-state index contributed by atoms with van der Waals surface area (Å²) < 4.78 is 5.77. The molecule has 8 heteroatoms. The summed E-state index contributed by atoms with van der Waals surface area (Å²) in [6.45, 7) is 0. The average Bonchev–Trinajstić information content (AvgIpc) is 2.86. The molecule has 0 heterocycles. The Labute approximate surface area is 205 Å². The molecule has 3 aromatic carbocycles. The van der Waals surface area contributed by atoms with Crippen molar-refractivity contribution in [2.45, 2.75) is 0 Å². The molecule has 3 N–H and O–H groups in total. The molecule has 34 heavy (non-hydrogen) atoms. The fourth-order valence-electron chi connectivity index (χ4n) is 2.85. The smallest absolute Gasteiger partial charge is 0.287 e. The maximum atomic E-state index is 12.8. The van der Waals surface area contributed by atoms with Crippen LogP contribution < -0.4 is 15.5 Å². The van der Waals surface area contributed by atoms with Gasteiger partial charge in [-0.3, -0.25) is 9.59 Å². The molecule has 0 spiro atoms. The molecule has 3 rings (SSSR count). The SMILES string of the molecule is COc1cc(Br)cc(/C=N\NC(=O)/C(=C/C=C/c2ccccc2)NC(=O)c2ccccc2)c1O. The van der Waals surface area contributed by atoms with Crippen LogP contribution in [0, 0.1) is 0 Å². The summed E-state index contributed by atoms with van der Waals surface area (Å²) in [6, 6.07) is 21.3. The predicted octanol–water partition coefficient (Wildman–Crippen LogP) is 4.64. The Hall–Kier alpha value is -4.17. The van der Waals surface area contributed by atoms with E-state index < -0.39 is 11.8 Å². The lowest BCUT2D eigenvalue weighted by Gasteiger charge is -2.09. The molecule has 0 aliphatic heterocycles. The second kappa shape index (κ2) is 12.2. The molecule has 0 fully saturated rings. The molecule has 172 valence electrons. The van der Waals surface area contributed by atoms with Crippen molar-refractivity contribution in [3.63, 3.8) is 0 Å². The summed E-state index contributed by atoms with van der Waals surface area (Å²) in [4.78, 5) is 25.4. The van der Waals surface area contributed by atoms with Gasteiger partial charge in [-0.1, -0.05) is 76.6 Å². The first kappa shape index (κ1) is 24.5. The van der Waals surface area contributed by atoms with Crippen molar-refractivity contribution in [3.8, 4) is 11.5 Å². The van der Waals surface area contributed by atoms with Gasteiger partial charge < -0.3 is 15.2 Å². The summed E-state index contributed by atoms with van der Waals surface area (Å²) in [7, 11) is 1.43. The van der Waals surface area contributed by atoms with Crippen LogP contribution in [-0.2, 0) is 4.79 Å². The quantitative estimate of drug-likeness (QED) is 0.174. The number of hydrazone groups is 1. The van der Waals surface area contributed by atoms with Gasteiger partial charge in [-0.2, -0.15) is 5.10 Å². The molecule has 0 radical (unpaired) electrons. The Morgan fingerprint density at radius 1 is 1.03 bits per heavy atom.